The summed E-state index contributed by atoms with van der Waals surface area (Å²) in [6, 6.07) is 0. The maximum Gasteiger partial charge on any atom is 0.236 e. The molecule has 2 N–H and O–H groups in total. The molecule has 1 atom stereocenters. The molecule has 3 nitrogen and oxygen atoms in total. The number of carbonyl (C=O) groups is 1. The first-order chi connectivity index (χ1) is 4.74. The minimum atomic E-state index is 0.00292. The van der Waals surface area contributed by atoms with E-state index in [4.69, 9.17) is 17.3 Å². The van der Waals surface area contributed by atoms with Crippen LogP contribution in [0.15, 0.2) is 0 Å². The maximum absolute atomic E-state index is 10.9. The molecule has 1 heterocycles. The predicted octanol–water partition coefficient (Wildman–Crippen LogP) is -0.215. The highest BCUT2D eigenvalue weighted by molar-refractivity contribution is 6.21. The van der Waals surface area contributed by atoms with Gasteiger partial charge in [-0.15, -0.1) is 11.6 Å². The number of nitrogens with two attached hydrogens (primary N) is 1. The number of hydrogen-bond acceptors (Lipinski definition) is 2. The molecule has 0 aliphatic carbocycles. The second kappa shape index (κ2) is 3.21. The van der Waals surface area contributed by atoms with Crippen LogP contribution < -0.4 is 5.73 Å². The lowest BCUT2D eigenvalue weighted by molar-refractivity contribution is -0.128. The highest BCUT2D eigenvalue weighted by Crippen LogP contribution is 2.13. The number of amides is 1. The lowest BCUT2D eigenvalue weighted by Crippen LogP contribution is -2.34. The molecule has 10 heavy (non-hydrogen) atoms. The van der Waals surface area contributed by atoms with Crippen molar-refractivity contribution in [3.05, 3.63) is 0 Å². The molecule has 1 saturated heterocycles. The second-order valence-electron chi connectivity index (χ2n) is 2.43. The van der Waals surface area contributed by atoms with Crippen LogP contribution in [0.25, 0.3) is 0 Å². The van der Waals surface area contributed by atoms with Crippen molar-refractivity contribution in [3.8, 4) is 0 Å². The number of likely N-dealkylation sites (tertiary alicyclic amines) is 1. The van der Waals surface area contributed by atoms with Gasteiger partial charge >= 0.3 is 0 Å². The Bertz CT molecular complexity index is 140. The SMILES string of the molecule is NCC(=O)N1CC[C@@H](Cl)C1. The first-order valence-electron chi connectivity index (χ1n) is 3.36. The fourth-order valence-corrected chi connectivity index (χ4v) is 1.34. The molecule has 1 fully saturated rings. The van der Waals surface area contributed by atoms with Crippen LogP contribution in [0.4, 0.5) is 0 Å². The summed E-state index contributed by atoms with van der Waals surface area (Å²) in [6.07, 6.45) is 0.896. The highest BCUT2D eigenvalue weighted by atomic mass is 35.5. The Labute approximate surface area is 65.1 Å². The highest BCUT2D eigenvalue weighted by Gasteiger charge is 2.22. The van der Waals surface area contributed by atoms with Gasteiger partial charge in [0.15, 0.2) is 0 Å². The monoisotopic (exact) mass is 162 g/mol. The van der Waals surface area contributed by atoms with Crippen molar-refractivity contribution < 1.29 is 4.79 Å². The summed E-state index contributed by atoms with van der Waals surface area (Å²) in [4.78, 5) is 12.6. The molecular weight excluding hydrogens is 152 g/mol. The fraction of sp³-hybridized carbons (Fsp3) is 0.833. The van der Waals surface area contributed by atoms with Gasteiger partial charge in [-0.3, -0.25) is 4.79 Å². The Balaban J connectivity index is 2.37. The van der Waals surface area contributed by atoms with E-state index in [0.29, 0.717) is 6.54 Å². The quantitative estimate of drug-likeness (QED) is 0.543. The molecule has 1 rings (SSSR count). The molecule has 0 spiro atoms. The molecule has 0 aromatic rings. The van der Waals surface area contributed by atoms with E-state index < -0.39 is 0 Å². The van der Waals surface area contributed by atoms with Gasteiger partial charge in [-0.2, -0.15) is 0 Å². The van der Waals surface area contributed by atoms with Gasteiger partial charge < -0.3 is 10.6 Å². The van der Waals surface area contributed by atoms with Gasteiger partial charge in [-0.25, -0.2) is 0 Å². The van der Waals surface area contributed by atoms with E-state index in [1.54, 1.807) is 4.90 Å². The van der Waals surface area contributed by atoms with Crippen LogP contribution in [0.5, 0.6) is 0 Å². The van der Waals surface area contributed by atoms with E-state index in [2.05, 4.69) is 0 Å². The standard InChI is InChI=1S/C6H11ClN2O/c7-5-1-2-9(4-5)6(10)3-8/h5H,1-4,8H2/t5-/m1/s1. The molecule has 0 unspecified atom stereocenters. The van der Waals surface area contributed by atoms with Gasteiger partial charge in [-0.1, -0.05) is 0 Å². The van der Waals surface area contributed by atoms with Crippen molar-refractivity contribution in [2.24, 2.45) is 5.73 Å². The van der Waals surface area contributed by atoms with Gasteiger partial charge in [0.25, 0.3) is 0 Å². The molecule has 0 bridgehead atoms. The molecule has 0 saturated carbocycles. The summed E-state index contributed by atoms with van der Waals surface area (Å²) in [6.45, 7) is 1.53. The smallest absolute Gasteiger partial charge is 0.236 e. The van der Waals surface area contributed by atoms with Crippen molar-refractivity contribution in [3.63, 3.8) is 0 Å². The van der Waals surface area contributed by atoms with Gasteiger partial charge in [0, 0.05) is 13.1 Å². The summed E-state index contributed by atoms with van der Waals surface area (Å²) in [5.74, 6) is 0.00292. The minimum Gasteiger partial charge on any atom is -0.340 e. The maximum atomic E-state index is 10.9. The molecular formula is C6H11ClN2O. The third-order valence-electron chi connectivity index (χ3n) is 1.66. The Morgan fingerprint density at radius 3 is 2.90 bits per heavy atom. The normalized spacial score (nSPS) is 25.4. The molecule has 0 aromatic heterocycles. The zero-order chi connectivity index (χ0) is 7.56. The molecule has 4 heteroatoms. The summed E-state index contributed by atoms with van der Waals surface area (Å²) in [5, 5.41) is 0.135. The largest absolute Gasteiger partial charge is 0.340 e. The molecule has 58 valence electrons. The molecule has 1 amide bonds. The zero-order valence-electron chi connectivity index (χ0n) is 5.72. The summed E-state index contributed by atoms with van der Waals surface area (Å²) in [5.41, 5.74) is 5.16. The average molecular weight is 163 g/mol. The summed E-state index contributed by atoms with van der Waals surface area (Å²) >= 11 is 5.77. The first-order valence-corrected chi connectivity index (χ1v) is 3.79. The lowest BCUT2D eigenvalue weighted by Gasteiger charge is -2.13. The van der Waals surface area contributed by atoms with Crippen LogP contribution in [0.3, 0.4) is 0 Å². The van der Waals surface area contributed by atoms with Crippen LogP contribution in [-0.2, 0) is 4.79 Å². The van der Waals surface area contributed by atoms with Gasteiger partial charge in [0.2, 0.25) is 5.91 Å². The number of alkyl halides is 1. The van der Waals surface area contributed by atoms with Gasteiger partial charge in [-0.05, 0) is 6.42 Å². The third kappa shape index (κ3) is 1.61. The number of carbonyl (C=O) groups excluding carboxylic acids is 1. The first kappa shape index (κ1) is 7.82. The van der Waals surface area contributed by atoms with Crippen molar-refractivity contribution in [2.75, 3.05) is 19.6 Å². The van der Waals surface area contributed by atoms with Crippen LogP contribution >= 0.6 is 11.6 Å². The summed E-state index contributed by atoms with van der Waals surface area (Å²) < 4.78 is 0. The molecule has 1 aliphatic rings. The number of rotatable bonds is 1. The number of hydrogen-bond donors (Lipinski definition) is 1. The Kier molecular flexibility index (Phi) is 2.51. The van der Waals surface area contributed by atoms with Gasteiger partial charge in [0.1, 0.15) is 0 Å². The van der Waals surface area contributed by atoms with Crippen molar-refractivity contribution in [2.45, 2.75) is 11.8 Å². The van der Waals surface area contributed by atoms with E-state index >= 15 is 0 Å². The van der Waals surface area contributed by atoms with E-state index in [9.17, 15) is 4.79 Å². The van der Waals surface area contributed by atoms with E-state index in [0.717, 1.165) is 13.0 Å². The van der Waals surface area contributed by atoms with Crippen LogP contribution in [0, 0.1) is 0 Å². The van der Waals surface area contributed by atoms with Crippen LogP contribution in [-0.4, -0.2) is 35.8 Å². The van der Waals surface area contributed by atoms with Gasteiger partial charge in [0.05, 0.1) is 11.9 Å². The Hall–Kier alpha value is -0.280. The van der Waals surface area contributed by atoms with Crippen molar-refractivity contribution in [1.82, 2.24) is 4.90 Å². The second-order valence-corrected chi connectivity index (χ2v) is 3.05. The summed E-state index contributed by atoms with van der Waals surface area (Å²) in [7, 11) is 0. The van der Waals surface area contributed by atoms with Crippen molar-refractivity contribution >= 4 is 17.5 Å². The van der Waals surface area contributed by atoms with Crippen molar-refractivity contribution in [1.29, 1.82) is 0 Å². The topological polar surface area (TPSA) is 46.3 Å². The zero-order valence-corrected chi connectivity index (χ0v) is 6.47. The molecule has 1 aliphatic heterocycles. The van der Waals surface area contributed by atoms with E-state index in [-0.39, 0.29) is 17.8 Å². The lowest BCUT2D eigenvalue weighted by atomic mass is 10.4. The molecule has 0 radical (unpaired) electrons. The van der Waals surface area contributed by atoms with Crippen LogP contribution in [0.2, 0.25) is 0 Å². The molecule has 0 aromatic carbocycles. The fourth-order valence-electron chi connectivity index (χ4n) is 1.07. The van der Waals surface area contributed by atoms with E-state index in [1.165, 1.54) is 0 Å². The Morgan fingerprint density at radius 2 is 2.50 bits per heavy atom. The average Bonchev–Trinajstić information content (AvgIpc) is 2.34. The third-order valence-corrected chi connectivity index (χ3v) is 2.01. The predicted molar refractivity (Wildman–Crippen MR) is 39.9 cm³/mol. The van der Waals surface area contributed by atoms with E-state index in [1.807, 2.05) is 0 Å². The number of nitrogens with zero attached hydrogens (tertiary/aromatic N) is 1. The van der Waals surface area contributed by atoms with Crippen LogP contribution in [0.1, 0.15) is 6.42 Å². The number of halogens is 1. The minimum absolute atomic E-state index is 0.00292. The Morgan fingerprint density at radius 1 is 1.80 bits per heavy atom.